The van der Waals surface area contributed by atoms with E-state index in [1.165, 1.54) is 48.0 Å². The second-order valence-electron chi connectivity index (χ2n) is 8.90. The van der Waals surface area contributed by atoms with Crippen LogP contribution in [-0.2, 0) is 0 Å². The van der Waals surface area contributed by atoms with Gasteiger partial charge in [-0.2, -0.15) is 0 Å². The van der Waals surface area contributed by atoms with E-state index in [0.29, 0.717) is 0 Å². The van der Waals surface area contributed by atoms with E-state index < -0.39 is 0 Å². The van der Waals surface area contributed by atoms with Crippen LogP contribution < -0.4 is 25.4 Å². The number of hydrogen-bond acceptors (Lipinski definition) is 4. The van der Waals surface area contributed by atoms with Gasteiger partial charge >= 0.3 is 6.98 Å². The molecular formula is C28H19BN2OS. The summed E-state index contributed by atoms with van der Waals surface area (Å²) in [6.07, 6.45) is 6.64. The highest BCUT2D eigenvalue weighted by molar-refractivity contribution is 7.31. The molecule has 0 unspecified atom stereocenters. The molecule has 0 radical (unpaired) electrons. The first-order chi connectivity index (χ1) is 16.4. The molecule has 4 heterocycles. The molecule has 3 nitrogen and oxygen atoms in total. The Morgan fingerprint density at radius 1 is 0.879 bits per heavy atom. The highest BCUT2D eigenvalue weighted by Gasteiger charge is 2.46. The van der Waals surface area contributed by atoms with E-state index in [2.05, 4.69) is 95.0 Å². The van der Waals surface area contributed by atoms with Crippen LogP contribution in [0.4, 0.5) is 17.3 Å². The molecule has 2 aromatic heterocycles. The molecule has 0 atom stereocenters. The zero-order valence-electron chi connectivity index (χ0n) is 17.8. The van der Waals surface area contributed by atoms with Gasteiger partial charge in [0.25, 0.3) is 0 Å². The molecule has 33 heavy (non-hydrogen) atoms. The predicted octanol–water partition coefficient (Wildman–Crippen LogP) is 5.46. The molecular weight excluding hydrogens is 423 g/mol. The van der Waals surface area contributed by atoms with E-state index in [0.717, 1.165) is 29.8 Å². The third-order valence-corrected chi connectivity index (χ3v) is 8.29. The van der Waals surface area contributed by atoms with Crippen LogP contribution in [0.3, 0.4) is 0 Å². The number of thiophene rings is 1. The molecule has 2 aliphatic heterocycles. The summed E-state index contributed by atoms with van der Waals surface area (Å²) in [5.74, 6) is 0.941. The summed E-state index contributed by atoms with van der Waals surface area (Å²) in [6, 6.07) is 26.3. The van der Waals surface area contributed by atoms with Gasteiger partial charge in [0, 0.05) is 31.5 Å². The number of nitrogens with zero attached hydrogens (tertiary/aromatic N) is 1. The number of fused-ring (bicyclic) bond motifs is 12. The lowest BCUT2D eigenvalue weighted by molar-refractivity contribution is 0.539. The quantitative estimate of drug-likeness (QED) is 0.350. The lowest BCUT2D eigenvalue weighted by atomic mass is 9.66. The molecule has 1 N–H and O–H groups in total. The molecule has 1 aliphatic carbocycles. The maximum absolute atomic E-state index is 6.46. The highest BCUT2D eigenvalue weighted by atomic mass is 32.1. The minimum Gasteiger partial charge on any atom is -0.439 e. The maximum atomic E-state index is 6.46. The fourth-order valence-electron chi connectivity index (χ4n) is 5.60. The molecule has 0 spiro atoms. The van der Waals surface area contributed by atoms with Gasteiger partial charge in [0.2, 0.25) is 5.88 Å². The fraction of sp³-hybridized carbons (Fsp3) is 0.0714. The van der Waals surface area contributed by atoms with Crippen molar-refractivity contribution in [3.8, 4) is 22.3 Å². The molecule has 5 aromatic rings. The number of furan rings is 1. The van der Waals surface area contributed by atoms with Crippen LogP contribution in [0.15, 0.2) is 77.2 Å². The van der Waals surface area contributed by atoms with Crippen molar-refractivity contribution in [3.63, 3.8) is 0 Å². The van der Waals surface area contributed by atoms with Crippen LogP contribution in [-0.4, -0.2) is 6.98 Å². The van der Waals surface area contributed by atoms with Crippen molar-refractivity contribution in [1.29, 1.82) is 0 Å². The Hall–Kier alpha value is -3.70. The summed E-state index contributed by atoms with van der Waals surface area (Å²) in [5.41, 5.74) is 8.44. The number of nitrogens with one attached hydrogen (secondary N) is 1. The Morgan fingerprint density at radius 2 is 1.73 bits per heavy atom. The third kappa shape index (κ3) is 2.35. The van der Waals surface area contributed by atoms with Crippen LogP contribution in [0.25, 0.3) is 44.5 Å². The van der Waals surface area contributed by atoms with Gasteiger partial charge in [0.15, 0.2) is 0 Å². The highest BCUT2D eigenvalue weighted by Crippen LogP contribution is 2.49. The van der Waals surface area contributed by atoms with Crippen LogP contribution >= 0.6 is 11.3 Å². The first kappa shape index (κ1) is 17.8. The normalized spacial score (nSPS) is 15.0. The summed E-state index contributed by atoms with van der Waals surface area (Å²) >= 11 is 1.89. The lowest BCUT2D eigenvalue weighted by Crippen LogP contribution is -2.50. The van der Waals surface area contributed by atoms with Gasteiger partial charge in [-0.15, -0.1) is 11.3 Å². The van der Waals surface area contributed by atoms with Gasteiger partial charge in [-0.05, 0) is 53.6 Å². The number of anilines is 3. The Balaban J connectivity index is 1.44. The van der Waals surface area contributed by atoms with Crippen molar-refractivity contribution in [2.45, 2.75) is 12.8 Å². The first-order valence-corrected chi connectivity index (χ1v) is 12.3. The SMILES string of the molecule is C1=c2oc3c(c2=CCC1)NB1c2sc4ccccc4c2-c2cc(-c4ccccc4)ccc2N13. The molecule has 156 valence electrons. The van der Waals surface area contributed by atoms with Gasteiger partial charge in [0.1, 0.15) is 5.42 Å². The third-order valence-electron chi connectivity index (χ3n) is 7.06. The molecule has 5 heteroatoms. The second-order valence-corrected chi connectivity index (χ2v) is 9.98. The zero-order chi connectivity index (χ0) is 21.5. The maximum Gasteiger partial charge on any atom is 0.427 e. The molecule has 0 saturated carbocycles. The Labute approximate surface area is 195 Å². The van der Waals surface area contributed by atoms with Crippen molar-refractivity contribution in [3.05, 3.63) is 83.4 Å². The van der Waals surface area contributed by atoms with Crippen LogP contribution in [0.2, 0.25) is 0 Å². The molecule has 0 saturated heterocycles. The van der Waals surface area contributed by atoms with Crippen molar-refractivity contribution >= 4 is 62.6 Å². The predicted molar refractivity (Wildman–Crippen MR) is 140 cm³/mol. The summed E-state index contributed by atoms with van der Waals surface area (Å²) in [5, 5.41) is 6.39. The Kier molecular flexibility index (Phi) is 3.47. The van der Waals surface area contributed by atoms with Crippen LogP contribution in [0.5, 0.6) is 0 Å². The summed E-state index contributed by atoms with van der Waals surface area (Å²) in [6.45, 7) is 0.0573. The second kappa shape index (κ2) is 6.43. The van der Waals surface area contributed by atoms with Gasteiger partial charge < -0.3 is 14.5 Å². The van der Waals surface area contributed by atoms with Crippen molar-refractivity contribution in [1.82, 2.24) is 0 Å². The van der Waals surface area contributed by atoms with Gasteiger partial charge in [0.05, 0.1) is 5.69 Å². The largest absolute Gasteiger partial charge is 0.439 e. The zero-order valence-corrected chi connectivity index (χ0v) is 18.7. The van der Waals surface area contributed by atoms with Gasteiger partial charge in [-0.3, -0.25) is 0 Å². The molecule has 8 rings (SSSR count). The van der Waals surface area contributed by atoms with E-state index in [1.54, 1.807) is 0 Å². The van der Waals surface area contributed by atoms with Crippen LogP contribution in [0, 0.1) is 0 Å². The molecule has 0 amide bonds. The molecule has 0 fully saturated rings. The van der Waals surface area contributed by atoms with Crippen molar-refractivity contribution in [2.24, 2.45) is 0 Å². The summed E-state index contributed by atoms with van der Waals surface area (Å²) in [4.78, 5) is 2.37. The summed E-state index contributed by atoms with van der Waals surface area (Å²) in [7, 11) is 0. The first-order valence-electron chi connectivity index (χ1n) is 11.5. The molecule has 3 aromatic carbocycles. The van der Waals surface area contributed by atoms with Crippen LogP contribution in [0.1, 0.15) is 12.8 Å². The topological polar surface area (TPSA) is 28.4 Å². The summed E-state index contributed by atoms with van der Waals surface area (Å²) < 4.78 is 9.14. The lowest BCUT2D eigenvalue weighted by Gasteiger charge is -2.30. The van der Waals surface area contributed by atoms with E-state index in [4.69, 9.17) is 4.42 Å². The van der Waals surface area contributed by atoms with E-state index >= 15 is 0 Å². The number of hydrogen-bond donors (Lipinski definition) is 1. The number of rotatable bonds is 1. The van der Waals surface area contributed by atoms with Gasteiger partial charge in [-0.25, -0.2) is 0 Å². The average molecular weight is 442 g/mol. The van der Waals surface area contributed by atoms with E-state index in [-0.39, 0.29) is 6.98 Å². The fourth-order valence-corrected chi connectivity index (χ4v) is 6.86. The van der Waals surface area contributed by atoms with Crippen molar-refractivity contribution in [2.75, 3.05) is 10.0 Å². The Morgan fingerprint density at radius 3 is 2.67 bits per heavy atom. The van der Waals surface area contributed by atoms with Gasteiger partial charge in [-0.1, -0.05) is 60.7 Å². The number of benzene rings is 3. The smallest absolute Gasteiger partial charge is 0.427 e. The molecule has 3 aliphatic rings. The Bertz CT molecular complexity index is 1720. The molecule has 0 bridgehead atoms. The average Bonchev–Trinajstić information content (AvgIpc) is 3.54. The minimum absolute atomic E-state index is 0.0573. The van der Waals surface area contributed by atoms with Crippen molar-refractivity contribution < 1.29 is 4.42 Å². The monoisotopic (exact) mass is 442 g/mol. The van der Waals surface area contributed by atoms with E-state index in [9.17, 15) is 0 Å². The minimum atomic E-state index is 0.0573. The van der Waals surface area contributed by atoms with E-state index in [1.807, 2.05) is 11.3 Å². The standard InChI is InChI=1S/C28H19BN2OS/c1-2-8-17(9-3-1)18-14-15-22-21(16-18)25-20-11-5-7-13-24(20)33-27(25)29-30-26-19-10-4-6-12-23(19)32-28(26)31(22)29/h1-3,5,7-16,30H,4,6H2.